The largest absolute Gasteiger partial charge is 0.482 e. The molecule has 3 aliphatic rings. The lowest BCUT2D eigenvalue weighted by Gasteiger charge is -2.75. The van der Waals surface area contributed by atoms with E-state index in [4.69, 9.17) is 11.3 Å². The van der Waals surface area contributed by atoms with Gasteiger partial charge in [-0.25, -0.2) is 9.24 Å². The first-order valence-corrected chi connectivity index (χ1v) is 26.1. The molecule has 3 aromatic carbocycles. The van der Waals surface area contributed by atoms with Crippen molar-refractivity contribution in [3.05, 3.63) is 95.1 Å². The average molecular weight is 988 g/mol. The Bertz CT molecular complexity index is 2870. The fourth-order valence-corrected chi connectivity index (χ4v) is 15.2. The molecule has 1 atom stereocenters. The number of halogens is 1. The number of piperazine rings is 1. The summed E-state index contributed by atoms with van der Waals surface area (Å²) >= 11 is 0. The number of hydrogen-bond acceptors (Lipinski definition) is 6. The molecule has 0 unspecified atom stereocenters. The number of benzene rings is 3. The van der Waals surface area contributed by atoms with Gasteiger partial charge in [0.1, 0.15) is 22.7 Å². The monoisotopic (exact) mass is 988 g/mol. The first-order chi connectivity index (χ1) is 32.2. The number of carbonyl (C=O) groups is 3. The molecule has 3 heterocycles. The molecule has 6 rings (SSSR count). The molecule has 0 spiro atoms. The van der Waals surface area contributed by atoms with Crippen LogP contribution in [0.1, 0.15) is 214 Å². The summed E-state index contributed by atoms with van der Waals surface area (Å²) in [5.41, 5.74) is 5.63. The van der Waals surface area contributed by atoms with E-state index >= 15 is 9.18 Å². The smallest absolute Gasteiger partial charge is 0.256 e. The van der Waals surface area contributed by atoms with Crippen molar-refractivity contribution in [3.63, 3.8) is 0 Å². The molecule has 0 bridgehead atoms. The van der Waals surface area contributed by atoms with Gasteiger partial charge in [0, 0.05) is 40.2 Å². The number of imide groups is 1. The summed E-state index contributed by atoms with van der Waals surface area (Å²) in [7, 11) is 1.53. The zero-order valence-corrected chi connectivity index (χ0v) is 50.2. The van der Waals surface area contributed by atoms with E-state index in [1.165, 1.54) is 28.6 Å². The molecule has 3 amide bonds. The van der Waals surface area contributed by atoms with Gasteiger partial charge in [-0.15, -0.1) is 0 Å². The molecular weight excluding hydrogens is 898 g/mol. The van der Waals surface area contributed by atoms with Crippen molar-refractivity contribution in [1.82, 2.24) is 14.7 Å². The standard InChI is InChI=1S/C62H90FN5O4/c1-32-33(2)42-45(54(13,14)67(50(42)69)62(29)52(71)65(31)51(70)53(11,12)57(62,19)20)49(40(32)9)72-56(17,18)44-36(5)34(3)43(35(4)37(44)6)55(15,16)68-60(25,26)58(21,22)66(59(23,24)61(68,27)28)48-39(8)38(7)47(64-30)41(10)46(48)63/h1-29,31H3/t62-/m1/s1. The van der Waals surface area contributed by atoms with Gasteiger partial charge < -0.3 is 14.5 Å². The molecule has 10 heteroatoms. The number of piperidine rings is 1. The molecule has 0 saturated carbocycles. The zero-order valence-electron chi connectivity index (χ0n) is 50.2. The number of amides is 3. The molecule has 0 aromatic heterocycles. The van der Waals surface area contributed by atoms with E-state index in [0.717, 1.165) is 50.1 Å². The number of carbonyl (C=O) groups excluding carboxylic acids is 3. The molecule has 72 heavy (non-hydrogen) atoms. The molecule has 0 N–H and O–H groups in total. The summed E-state index contributed by atoms with van der Waals surface area (Å²) in [6.45, 7) is 69.2. The number of ether oxygens (including phenoxy) is 1. The topological polar surface area (TPSA) is 77.8 Å². The van der Waals surface area contributed by atoms with Gasteiger partial charge in [0.25, 0.3) is 11.8 Å². The van der Waals surface area contributed by atoms with Crippen LogP contribution in [0.2, 0.25) is 0 Å². The van der Waals surface area contributed by atoms with Crippen LogP contribution in [0.15, 0.2) is 0 Å². The van der Waals surface area contributed by atoms with Crippen molar-refractivity contribution >= 4 is 29.1 Å². The second-order valence-corrected chi connectivity index (χ2v) is 27.0. The summed E-state index contributed by atoms with van der Waals surface area (Å²) in [6.07, 6.45) is 0. The first-order valence-electron chi connectivity index (χ1n) is 26.1. The minimum Gasteiger partial charge on any atom is -0.482 e. The van der Waals surface area contributed by atoms with Gasteiger partial charge in [-0.3, -0.25) is 24.2 Å². The number of likely N-dealkylation sites (N-methyl/N-ethyl adjacent to an activating group) is 1. The maximum Gasteiger partial charge on any atom is 0.256 e. The Morgan fingerprint density at radius 1 is 0.542 bits per heavy atom. The van der Waals surface area contributed by atoms with Crippen LogP contribution in [0.25, 0.3) is 4.85 Å². The van der Waals surface area contributed by atoms with E-state index in [1.54, 1.807) is 11.8 Å². The Labute approximate surface area is 434 Å². The molecule has 394 valence electrons. The minimum atomic E-state index is -1.40. The maximum absolute atomic E-state index is 17.1. The molecule has 2 fully saturated rings. The molecule has 0 aliphatic carbocycles. The van der Waals surface area contributed by atoms with E-state index in [1.807, 2.05) is 76.2 Å². The zero-order chi connectivity index (χ0) is 55.8. The van der Waals surface area contributed by atoms with Gasteiger partial charge in [-0.1, -0.05) is 27.7 Å². The van der Waals surface area contributed by atoms with E-state index in [9.17, 15) is 9.59 Å². The first kappa shape index (κ1) is 56.5. The van der Waals surface area contributed by atoms with Crippen LogP contribution < -0.4 is 9.64 Å². The van der Waals surface area contributed by atoms with Crippen molar-refractivity contribution in [2.45, 2.75) is 245 Å². The Kier molecular flexibility index (Phi) is 12.7. The fourth-order valence-electron chi connectivity index (χ4n) is 15.2. The molecule has 3 aromatic rings. The SMILES string of the molecule is [C-]#[N+]c1c(C)c(C)c(N2C(C)(C)C(C)(C)N(C(C)(C)c3c(C)c(C)c(C(C)(C)Oc4c(C)c(C)c(C)c5c4C(C)(C)N([C@]4(C)C(=O)N(C)C(=O)C(C)(C)C4(C)C)C5=O)c(C)c3C)C(C)(C)C2(C)C)c(F)c1C. The highest BCUT2D eigenvalue weighted by atomic mass is 19.1. The summed E-state index contributed by atoms with van der Waals surface area (Å²) in [5, 5.41) is 0. The molecule has 3 aliphatic heterocycles. The van der Waals surface area contributed by atoms with E-state index in [2.05, 4.69) is 132 Å². The molecule has 0 radical (unpaired) electrons. The highest BCUT2D eigenvalue weighted by Crippen LogP contribution is 2.62. The summed E-state index contributed by atoms with van der Waals surface area (Å²) in [6, 6.07) is 0. The number of rotatable bonds is 7. The van der Waals surface area contributed by atoms with Crippen LogP contribution in [0.3, 0.4) is 0 Å². The van der Waals surface area contributed by atoms with E-state index < -0.39 is 61.1 Å². The lowest BCUT2D eigenvalue weighted by molar-refractivity contribution is -0.189. The highest BCUT2D eigenvalue weighted by molar-refractivity contribution is 6.11. The van der Waals surface area contributed by atoms with Gasteiger partial charge in [0.15, 0.2) is 5.69 Å². The second-order valence-electron chi connectivity index (χ2n) is 27.0. The number of anilines is 1. The summed E-state index contributed by atoms with van der Waals surface area (Å²) in [4.78, 5) is 55.7. The lowest BCUT2D eigenvalue weighted by atomic mass is 9.53. The highest BCUT2D eigenvalue weighted by Gasteiger charge is 2.71. The van der Waals surface area contributed by atoms with Gasteiger partial charge in [-0.2, -0.15) is 0 Å². The average Bonchev–Trinajstić information content (AvgIpc) is 3.45. The number of fused-ring (bicyclic) bond motifs is 1. The van der Waals surface area contributed by atoms with Crippen LogP contribution in [0.4, 0.5) is 15.8 Å². The van der Waals surface area contributed by atoms with Gasteiger partial charge in [0.05, 0.1) is 39.9 Å². The van der Waals surface area contributed by atoms with Crippen LogP contribution in [0, 0.1) is 92.5 Å². The third kappa shape index (κ3) is 6.58. The quantitative estimate of drug-likeness (QED) is 0.173. The van der Waals surface area contributed by atoms with Crippen LogP contribution in [-0.4, -0.2) is 67.2 Å². The summed E-state index contributed by atoms with van der Waals surface area (Å²) < 4.78 is 24.6. The van der Waals surface area contributed by atoms with E-state index in [-0.39, 0.29) is 17.6 Å². The predicted octanol–water partition coefficient (Wildman–Crippen LogP) is 14.4. The Morgan fingerprint density at radius 3 is 1.43 bits per heavy atom. The third-order valence-corrected chi connectivity index (χ3v) is 21.2. The van der Waals surface area contributed by atoms with Crippen molar-refractivity contribution in [2.75, 3.05) is 11.9 Å². The van der Waals surface area contributed by atoms with E-state index in [0.29, 0.717) is 28.3 Å². The Balaban J connectivity index is 1.53. The van der Waals surface area contributed by atoms with Gasteiger partial charge in [0.2, 0.25) is 5.91 Å². The van der Waals surface area contributed by atoms with Gasteiger partial charge in [-0.05, 0) is 234 Å². The van der Waals surface area contributed by atoms with Crippen molar-refractivity contribution in [2.24, 2.45) is 10.8 Å². The maximum atomic E-state index is 17.1. The second kappa shape index (κ2) is 16.1. The predicted molar refractivity (Wildman–Crippen MR) is 293 cm³/mol. The van der Waals surface area contributed by atoms with Crippen molar-refractivity contribution in [3.8, 4) is 5.75 Å². The third-order valence-electron chi connectivity index (χ3n) is 21.2. The Hall–Kier alpha value is -4.75. The van der Waals surface area contributed by atoms with Crippen molar-refractivity contribution in [1.29, 1.82) is 0 Å². The number of nitrogens with zero attached hydrogens (tertiary/aromatic N) is 5. The minimum absolute atomic E-state index is 0.243. The summed E-state index contributed by atoms with van der Waals surface area (Å²) in [5.74, 6) is -0.604. The van der Waals surface area contributed by atoms with Crippen LogP contribution in [0.5, 0.6) is 5.75 Å². The molecule has 9 nitrogen and oxygen atoms in total. The number of likely N-dealkylation sites (tertiary alicyclic amines) is 1. The fraction of sp³-hybridized carbons (Fsp3) is 0.645. The van der Waals surface area contributed by atoms with Crippen molar-refractivity contribution < 1.29 is 23.5 Å². The van der Waals surface area contributed by atoms with Crippen LogP contribution in [-0.2, 0) is 26.3 Å². The molecular formula is C62H90FN5O4. The normalized spacial score (nSPS) is 23.1. The number of hydrogen-bond donors (Lipinski definition) is 0. The Morgan fingerprint density at radius 2 is 0.986 bits per heavy atom. The van der Waals surface area contributed by atoms with Crippen LogP contribution >= 0.6 is 0 Å². The lowest BCUT2D eigenvalue weighted by Crippen LogP contribution is -2.86. The van der Waals surface area contributed by atoms with Gasteiger partial charge >= 0.3 is 0 Å². The molecule has 2 saturated heterocycles.